The molecule has 3 unspecified atom stereocenters. The van der Waals surface area contributed by atoms with Crippen LogP contribution in [0.5, 0.6) is 0 Å². The highest BCUT2D eigenvalue weighted by Gasteiger charge is 2.29. The van der Waals surface area contributed by atoms with Crippen molar-refractivity contribution in [3.63, 3.8) is 0 Å². The quantitative estimate of drug-likeness (QED) is 0.856. The average Bonchev–Trinajstić information content (AvgIpc) is 2.84. The number of ether oxygens (including phenoxy) is 1. The maximum Gasteiger partial charge on any atom is 0.224 e. The molecule has 1 aromatic carbocycles. The van der Waals surface area contributed by atoms with Gasteiger partial charge in [0.05, 0.1) is 18.8 Å². The van der Waals surface area contributed by atoms with Crippen LogP contribution in [0.3, 0.4) is 0 Å². The highest BCUT2D eigenvalue weighted by molar-refractivity contribution is 5.93. The summed E-state index contributed by atoms with van der Waals surface area (Å²) < 4.78 is 5.52. The summed E-state index contributed by atoms with van der Waals surface area (Å²) >= 11 is 0. The van der Waals surface area contributed by atoms with Crippen molar-refractivity contribution < 1.29 is 14.6 Å². The molecule has 4 nitrogen and oxygen atoms in total. The molecule has 102 valence electrons. The van der Waals surface area contributed by atoms with E-state index in [1.165, 1.54) is 0 Å². The van der Waals surface area contributed by atoms with E-state index in [0.717, 1.165) is 29.7 Å². The lowest BCUT2D eigenvalue weighted by molar-refractivity contribution is -0.116. The number of benzene rings is 1. The van der Waals surface area contributed by atoms with Gasteiger partial charge in [0.15, 0.2) is 0 Å². The van der Waals surface area contributed by atoms with Crippen molar-refractivity contribution in [2.24, 2.45) is 5.92 Å². The van der Waals surface area contributed by atoms with Gasteiger partial charge in [-0.25, -0.2) is 0 Å². The van der Waals surface area contributed by atoms with Gasteiger partial charge in [0.2, 0.25) is 5.91 Å². The van der Waals surface area contributed by atoms with E-state index < -0.39 is 6.10 Å². The molecular weight excluding hydrogens is 242 g/mol. The molecular formula is C15H19NO3. The van der Waals surface area contributed by atoms with Crippen molar-refractivity contribution in [3.8, 4) is 0 Å². The molecule has 0 spiro atoms. The Balaban J connectivity index is 1.80. The largest absolute Gasteiger partial charge is 0.388 e. The van der Waals surface area contributed by atoms with Gasteiger partial charge in [-0.2, -0.15) is 0 Å². The predicted octanol–water partition coefficient (Wildman–Crippen LogP) is 2.03. The van der Waals surface area contributed by atoms with E-state index >= 15 is 0 Å². The standard InChI is InChI=1S/C15H19NO3/c1-9-6-12(8-19-9)15(18)11-2-4-13-10(7-11)3-5-14(17)16-13/h2,4,7,9,12,15,18H,3,5-6,8H2,1H3,(H,16,17). The van der Waals surface area contributed by atoms with Gasteiger partial charge in [0.1, 0.15) is 0 Å². The van der Waals surface area contributed by atoms with E-state index in [1.807, 2.05) is 25.1 Å². The number of anilines is 1. The van der Waals surface area contributed by atoms with Crippen LogP contribution in [-0.2, 0) is 16.0 Å². The lowest BCUT2D eigenvalue weighted by Gasteiger charge is -2.21. The molecule has 1 saturated heterocycles. The van der Waals surface area contributed by atoms with Crippen LogP contribution >= 0.6 is 0 Å². The molecule has 1 amide bonds. The van der Waals surface area contributed by atoms with E-state index in [2.05, 4.69) is 5.32 Å². The van der Waals surface area contributed by atoms with Crippen LogP contribution < -0.4 is 5.32 Å². The molecule has 19 heavy (non-hydrogen) atoms. The first-order valence-corrected chi connectivity index (χ1v) is 6.86. The van der Waals surface area contributed by atoms with Gasteiger partial charge >= 0.3 is 0 Å². The highest BCUT2D eigenvalue weighted by Crippen LogP contribution is 2.34. The van der Waals surface area contributed by atoms with Gasteiger partial charge in [0.25, 0.3) is 0 Å². The van der Waals surface area contributed by atoms with E-state index in [-0.39, 0.29) is 17.9 Å². The molecule has 1 aromatic rings. The first-order valence-electron chi connectivity index (χ1n) is 6.86. The molecule has 0 saturated carbocycles. The molecule has 4 heteroatoms. The third kappa shape index (κ3) is 2.51. The molecule has 2 heterocycles. The van der Waals surface area contributed by atoms with E-state index in [4.69, 9.17) is 4.74 Å². The number of rotatable bonds is 2. The molecule has 0 bridgehead atoms. The summed E-state index contributed by atoms with van der Waals surface area (Å²) in [4.78, 5) is 11.3. The molecule has 3 atom stereocenters. The second-order valence-electron chi connectivity index (χ2n) is 5.55. The maximum atomic E-state index is 11.3. The lowest BCUT2D eigenvalue weighted by Crippen LogP contribution is -2.20. The molecule has 0 aromatic heterocycles. The molecule has 2 aliphatic rings. The minimum Gasteiger partial charge on any atom is -0.388 e. The lowest BCUT2D eigenvalue weighted by atomic mass is 9.91. The van der Waals surface area contributed by atoms with Crippen molar-refractivity contribution in [3.05, 3.63) is 29.3 Å². The van der Waals surface area contributed by atoms with Crippen LogP contribution in [0.4, 0.5) is 5.69 Å². The first kappa shape index (κ1) is 12.6. The zero-order valence-electron chi connectivity index (χ0n) is 11.1. The van der Waals surface area contributed by atoms with E-state index in [0.29, 0.717) is 13.0 Å². The Hall–Kier alpha value is -1.39. The number of nitrogens with one attached hydrogen (secondary N) is 1. The summed E-state index contributed by atoms with van der Waals surface area (Å²) in [7, 11) is 0. The van der Waals surface area contributed by atoms with Crippen LogP contribution in [0.15, 0.2) is 18.2 Å². The van der Waals surface area contributed by atoms with Gasteiger partial charge in [-0.15, -0.1) is 0 Å². The number of fused-ring (bicyclic) bond motifs is 1. The normalized spacial score (nSPS) is 27.8. The Morgan fingerprint density at radius 3 is 3.00 bits per heavy atom. The Kier molecular flexibility index (Phi) is 3.29. The number of hydrogen-bond acceptors (Lipinski definition) is 3. The van der Waals surface area contributed by atoms with Crippen molar-refractivity contribution >= 4 is 11.6 Å². The molecule has 0 aliphatic carbocycles. The summed E-state index contributed by atoms with van der Waals surface area (Å²) in [5.41, 5.74) is 2.92. The SMILES string of the molecule is CC1CC(C(O)c2ccc3c(c2)CCC(=O)N3)CO1. The van der Waals surface area contributed by atoms with Crippen LogP contribution in [0.25, 0.3) is 0 Å². The summed E-state index contributed by atoms with van der Waals surface area (Å²) in [5, 5.41) is 13.3. The Labute approximate surface area is 112 Å². The van der Waals surface area contributed by atoms with Crippen molar-refractivity contribution in [2.45, 2.75) is 38.4 Å². The van der Waals surface area contributed by atoms with Crippen LogP contribution in [0.1, 0.15) is 37.0 Å². The highest BCUT2D eigenvalue weighted by atomic mass is 16.5. The minimum atomic E-state index is -0.479. The third-order valence-corrected chi connectivity index (χ3v) is 4.04. The summed E-state index contributed by atoms with van der Waals surface area (Å²) in [5.74, 6) is 0.241. The minimum absolute atomic E-state index is 0.0683. The molecule has 3 rings (SSSR count). The van der Waals surface area contributed by atoms with Crippen molar-refractivity contribution in [1.82, 2.24) is 0 Å². The first-order chi connectivity index (χ1) is 9.13. The van der Waals surface area contributed by atoms with Gasteiger partial charge in [-0.05, 0) is 37.0 Å². The van der Waals surface area contributed by atoms with E-state index in [9.17, 15) is 9.90 Å². The molecule has 2 aliphatic heterocycles. The summed E-state index contributed by atoms with van der Waals surface area (Å²) in [6, 6.07) is 5.81. The predicted molar refractivity (Wildman–Crippen MR) is 71.9 cm³/mol. The fourth-order valence-electron chi connectivity index (χ4n) is 2.93. The Morgan fingerprint density at radius 2 is 2.26 bits per heavy atom. The molecule has 2 N–H and O–H groups in total. The van der Waals surface area contributed by atoms with Crippen LogP contribution in [-0.4, -0.2) is 23.7 Å². The van der Waals surface area contributed by atoms with Gasteiger partial charge in [-0.3, -0.25) is 4.79 Å². The van der Waals surface area contributed by atoms with Crippen LogP contribution in [0, 0.1) is 5.92 Å². The molecule has 1 fully saturated rings. The second kappa shape index (κ2) is 4.94. The monoisotopic (exact) mass is 261 g/mol. The third-order valence-electron chi connectivity index (χ3n) is 4.04. The fraction of sp³-hybridized carbons (Fsp3) is 0.533. The topological polar surface area (TPSA) is 58.6 Å². The van der Waals surface area contributed by atoms with Crippen molar-refractivity contribution in [2.75, 3.05) is 11.9 Å². The maximum absolute atomic E-state index is 11.3. The second-order valence-corrected chi connectivity index (χ2v) is 5.55. The number of carbonyl (C=O) groups excluding carboxylic acids is 1. The van der Waals surface area contributed by atoms with Gasteiger partial charge in [-0.1, -0.05) is 12.1 Å². The number of aliphatic hydroxyl groups is 1. The average molecular weight is 261 g/mol. The summed E-state index contributed by atoms with van der Waals surface area (Å²) in [6.07, 6.45) is 1.93. The fourth-order valence-corrected chi connectivity index (χ4v) is 2.93. The smallest absolute Gasteiger partial charge is 0.224 e. The zero-order valence-corrected chi connectivity index (χ0v) is 11.1. The van der Waals surface area contributed by atoms with Crippen LogP contribution in [0.2, 0.25) is 0 Å². The van der Waals surface area contributed by atoms with Gasteiger partial charge in [0, 0.05) is 18.0 Å². The summed E-state index contributed by atoms with van der Waals surface area (Å²) in [6.45, 7) is 2.66. The number of aliphatic hydroxyl groups excluding tert-OH is 1. The Bertz CT molecular complexity index is 500. The number of amides is 1. The number of aryl methyl sites for hydroxylation is 1. The van der Waals surface area contributed by atoms with Gasteiger partial charge < -0.3 is 15.2 Å². The molecule has 0 radical (unpaired) electrons. The van der Waals surface area contributed by atoms with Crippen molar-refractivity contribution in [1.29, 1.82) is 0 Å². The number of carbonyl (C=O) groups is 1. The van der Waals surface area contributed by atoms with E-state index in [1.54, 1.807) is 0 Å². The number of hydrogen-bond donors (Lipinski definition) is 2. The Morgan fingerprint density at radius 1 is 1.42 bits per heavy atom. The zero-order chi connectivity index (χ0) is 13.4.